The van der Waals surface area contributed by atoms with Gasteiger partial charge in [0.1, 0.15) is 0 Å². The Balaban J connectivity index is 1.16. The van der Waals surface area contributed by atoms with E-state index in [1.54, 1.807) is 0 Å². The number of nitrogens with zero attached hydrogens (tertiary/aromatic N) is 4. The van der Waals surface area contributed by atoms with Crippen molar-refractivity contribution in [2.24, 2.45) is 0 Å². The van der Waals surface area contributed by atoms with Crippen LogP contribution in [-0.4, -0.2) is 19.5 Å². The molecule has 0 aliphatic heterocycles. The fourth-order valence-electron chi connectivity index (χ4n) is 7.51. The summed E-state index contributed by atoms with van der Waals surface area (Å²) in [6, 6.07) is 59.9. The van der Waals surface area contributed by atoms with Crippen molar-refractivity contribution in [2.75, 3.05) is 0 Å². The van der Waals surface area contributed by atoms with Crippen LogP contribution in [0.15, 0.2) is 170 Å². The fraction of sp³-hybridized carbons (Fsp3) is 0.0217. The smallest absolute Gasteiger partial charge is 0.164 e. The molecule has 0 saturated heterocycles. The molecular weight excluding hydrogens is 609 g/mol. The van der Waals surface area contributed by atoms with Crippen LogP contribution < -0.4 is 0 Å². The van der Waals surface area contributed by atoms with Gasteiger partial charge in [-0.2, -0.15) is 0 Å². The Hall–Kier alpha value is -6.65. The second kappa shape index (κ2) is 11.5. The molecule has 1 aliphatic carbocycles. The highest BCUT2D eigenvalue weighted by molar-refractivity contribution is 6.13. The molecule has 0 spiro atoms. The minimum absolute atomic E-state index is 0.647. The third-order valence-electron chi connectivity index (χ3n) is 9.90. The Kier molecular flexibility index (Phi) is 6.53. The summed E-state index contributed by atoms with van der Waals surface area (Å²) in [6.45, 7) is 0. The lowest BCUT2D eigenvalue weighted by Crippen LogP contribution is -2.01. The van der Waals surface area contributed by atoms with Gasteiger partial charge < -0.3 is 4.57 Å². The Morgan fingerprint density at radius 1 is 0.400 bits per heavy atom. The lowest BCUT2D eigenvalue weighted by Gasteiger charge is -2.13. The van der Waals surface area contributed by atoms with E-state index in [-0.39, 0.29) is 0 Å². The van der Waals surface area contributed by atoms with E-state index in [0.29, 0.717) is 17.5 Å². The van der Waals surface area contributed by atoms with Gasteiger partial charge in [0.15, 0.2) is 17.5 Å². The van der Waals surface area contributed by atoms with Crippen molar-refractivity contribution in [3.63, 3.8) is 0 Å². The molecule has 50 heavy (non-hydrogen) atoms. The molecule has 0 saturated carbocycles. The molecule has 7 aromatic carbocycles. The summed E-state index contributed by atoms with van der Waals surface area (Å²) in [4.78, 5) is 14.8. The Bertz CT molecular complexity index is 2640. The molecule has 4 nitrogen and oxygen atoms in total. The lowest BCUT2D eigenvalue weighted by molar-refractivity contribution is 1.07. The second-order valence-corrected chi connectivity index (χ2v) is 12.8. The molecule has 0 fully saturated rings. The maximum absolute atomic E-state index is 4.98. The summed E-state index contributed by atoms with van der Waals surface area (Å²) < 4.78 is 2.46. The summed E-state index contributed by atoms with van der Waals surface area (Å²) in [5.74, 6) is 1.96. The highest BCUT2D eigenvalue weighted by Crippen LogP contribution is 2.45. The van der Waals surface area contributed by atoms with Gasteiger partial charge in [-0.1, -0.05) is 140 Å². The third-order valence-corrected chi connectivity index (χ3v) is 9.90. The summed E-state index contributed by atoms with van der Waals surface area (Å²) in [6.07, 6.45) is 0.915. The number of fused-ring (bicyclic) bond motifs is 7. The Labute approximate surface area is 290 Å². The molecule has 0 radical (unpaired) electrons. The van der Waals surface area contributed by atoms with Crippen LogP contribution in [0.4, 0.5) is 0 Å². The first-order valence-corrected chi connectivity index (χ1v) is 17.0. The average Bonchev–Trinajstić information content (AvgIpc) is 3.74. The predicted octanol–water partition coefficient (Wildman–Crippen LogP) is 11.2. The first kappa shape index (κ1) is 28.4. The molecular formula is C46H30N4. The standard InChI is InChI=1S/C46H30N4/c1-4-12-30(13-5-1)34-22-25-39-40-27-26-38-37-19-11-10-18-35(37)28-41(38)43(40)50(42(39)29-34)36-23-20-33(21-24-36)46-48-44(31-14-6-2-7-15-31)47-45(49-46)32-16-8-3-9-17-32/h1-27,29H,28H2. The Morgan fingerprint density at radius 3 is 1.56 bits per heavy atom. The second-order valence-electron chi connectivity index (χ2n) is 12.8. The first-order valence-electron chi connectivity index (χ1n) is 17.0. The van der Waals surface area contributed by atoms with Crippen molar-refractivity contribution >= 4 is 21.8 Å². The van der Waals surface area contributed by atoms with Crippen LogP contribution in [0, 0.1) is 0 Å². The van der Waals surface area contributed by atoms with Crippen molar-refractivity contribution in [3.05, 3.63) is 181 Å². The van der Waals surface area contributed by atoms with Gasteiger partial charge in [-0.3, -0.25) is 0 Å². The molecule has 0 amide bonds. The topological polar surface area (TPSA) is 43.6 Å². The van der Waals surface area contributed by atoms with Crippen LogP contribution in [0.3, 0.4) is 0 Å². The summed E-state index contributed by atoms with van der Waals surface area (Å²) >= 11 is 0. The quantitative estimate of drug-likeness (QED) is 0.188. The van der Waals surface area contributed by atoms with Crippen LogP contribution in [0.1, 0.15) is 11.1 Å². The van der Waals surface area contributed by atoms with E-state index >= 15 is 0 Å². The van der Waals surface area contributed by atoms with Crippen LogP contribution in [-0.2, 0) is 6.42 Å². The van der Waals surface area contributed by atoms with Crippen molar-refractivity contribution in [2.45, 2.75) is 6.42 Å². The predicted molar refractivity (Wildman–Crippen MR) is 204 cm³/mol. The number of aromatic nitrogens is 4. The molecule has 10 rings (SSSR count). The minimum Gasteiger partial charge on any atom is -0.309 e. The molecule has 2 aromatic heterocycles. The van der Waals surface area contributed by atoms with Gasteiger partial charge in [0.25, 0.3) is 0 Å². The number of benzene rings is 7. The van der Waals surface area contributed by atoms with E-state index in [0.717, 1.165) is 28.8 Å². The lowest BCUT2D eigenvalue weighted by atomic mass is 10.0. The zero-order chi connectivity index (χ0) is 33.0. The monoisotopic (exact) mass is 638 g/mol. The van der Waals surface area contributed by atoms with Crippen LogP contribution in [0.5, 0.6) is 0 Å². The van der Waals surface area contributed by atoms with E-state index in [1.807, 2.05) is 60.7 Å². The highest BCUT2D eigenvalue weighted by Gasteiger charge is 2.25. The van der Waals surface area contributed by atoms with Crippen molar-refractivity contribution in [3.8, 4) is 62.1 Å². The van der Waals surface area contributed by atoms with Gasteiger partial charge >= 0.3 is 0 Å². The molecule has 0 N–H and O–H groups in total. The van der Waals surface area contributed by atoms with Crippen molar-refractivity contribution < 1.29 is 0 Å². The molecule has 0 unspecified atom stereocenters. The third kappa shape index (κ3) is 4.65. The molecule has 4 heteroatoms. The van der Waals surface area contributed by atoms with Crippen molar-refractivity contribution in [1.82, 2.24) is 19.5 Å². The summed E-state index contributed by atoms with van der Waals surface area (Å²) in [7, 11) is 0. The van der Waals surface area contributed by atoms with E-state index in [4.69, 9.17) is 15.0 Å². The molecule has 1 aliphatic rings. The number of hydrogen-bond acceptors (Lipinski definition) is 3. The van der Waals surface area contributed by atoms with E-state index < -0.39 is 0 Å². The molecule has 0 atom stereocenters. The molecule has 2 heterocycles. The van der Waals surface area contributed by atoms with Gasteiger partial charge in [-0.15, -0.1) is 0 Å². The average molecular weight is 639 g/mol. The van der Waals surface area contributed by atoms with Crippen molar-refractivity contribution in [1.29, 1.82) is 0 Å². The van der Waals surface area contributed by atoms with E-state index in [1.165, 1.54) is 55.2 Å². The largest absolute Gasteiger partial charge is 0.309 e. The minimum atomic E-state index is 0.647. The molecule has 9 aromatic rings. The van der Waals surface area contributed by atoms with Gasteiger partial charge in [-0.05, 0) is 63.7 Å². The summed E-state index contributed by atoms with van der Waals surface area (Å²) in [5, 5.41) is 2.52. The van der Waals surface area contributed by atoms with Crippen LogP contribution in [0.2, 0.25) is 0 Å². The van der Waals surface area contributed by atoms with E-state index in [2.05, 4.69) is 114 Å². The van der Waals surface area contributed by atoms with Gasteiger partial charge in [-0.25, -0.2) is 15.0 Å². The van der Waals surface area contributed by atoms with Gasteiger partial charge in [0.2, 0.25) is 0 Å². The highest BCUT2D eigenvalue weighted by atomic mass is 15.0. The zero-order valence-electron chi connectivity index (χ0n) is 27.2. The summed E-state index contributed by atoms with van der Waals surface area (Å²) in [5.41, 5.74) is 14.2. The van der Waals surface area contributed by atoms with Crippen LogP contribution >= 0.6 is 0 Å². The van der Waals surface area contributed by atoms with E-state index in [9.17, 15) is 0 Å². The van der Waals surface area contributed by atoms with Gasteiger partial charge in [0, 0.05) is 39.6 Å². The first-order chi connectivity index (χ1) is 24.8. The molecule has 0 bridgehead atoms. The maximum Gasteiger partial charge on any atom is 0.164 e. The zero-order valence-corrected chi connectivity index (χ0v) is 27.2. The SMILES string of the molecule is c1ccc(-c2ccc3c4ccc5c(c4n(-c4ccc(-c6nc(-c7ccccc7)nc(-c7ccccc7)n6)cc4)c3c2)Cc2ccccc2-5)cc1. The number of rotatable bonds is 5. The normalized spacial score (nSPS) is 11.9. The fourth-order valence-corrected chi connectivity index (χ4v) is 7.51. The maximum atomic E-state index is 4.98. The van der Waals surface area contributed by atoms with Crippen LogP contribution in [0.25, 0.3) is 83.9 Å². The molecule has 234 valence electrons. The number of hydrogen-bond donors (Lipinski definition) is 0. The van der Waals surface area contributed by atoms with Gasteiger partial charge in [0.05, 0.1) is 11.0 Å². The Morgan fingerprint density at radius 2 is 0.920 bits per heavy atom.